The molecule has 1 aromatic carbocycles. The maximum atomic E-state index is 5.64. The van der Waals surface area contributed by atoms with Crippen molar-refractivity contribution in [1.82, 2.24) is 0 Å². The molecule has 0 heterocycles. The molecule has 0 spiro atoms. The molecule has 0 radical (unpaired) electrons. The van der Waals surface area contributed by atoms with Crippen LogP contribution in [0.2, 0.25) is 0 Å². The summed E-state index contributed by atoms with van der Waals surface area (Å²) in [6, 6.07) is 9.57. The van der Waals surface area contributed by atoms with Crippen molar-refractivity contribution < 1.29 is 0 Å². The third-order valence-corrected chi connectivity index (χ3v) is 2.01. The van der Waals surface area contributed by atoms with E-state index in [1.54, 1.807) is 0 Å². The van der Waals surface area contributed by atoms with Crippen molar-refractivity contribution in [1.29, 1.82) is 0 Å². The average Bonchev–Trinajstić information content (AvgIpc) is 2.04. The van der Waals surface area contributed by atoms with E-state index < -0.39 is 0 Å². The number of nitrogens with two attached hydrogens (primary N) is 2. The summed E-state index contributed by atoms with van der Waals surface area (Å²) >= 11 is 1.35. The Kier molecular flexibility index (Phi) is 3.79. The molecule has 0 aliphatic carbocycles. The Balaban J connectivity index is 2.66. The maximum Gasteiger partial charge on any atom is 0.160 e. The van der Waals surface area contributed by atoms with Crippen molar-refractivity contribution in [2.75, 3.05) is 0 Å². The Morgan fingerprint density at radius 2 is 2.00 bits per heavy atom. The summed E-state index contributed by atoms with van der Waals surface area (Å²) < 4.78 is 0. The number of hydrogen-bond donors (Lipinski definition) is 2. The Bertz CT molecular complexity index is 282. The van der Waals surface area contributed by atoms with Crippen LogP contribution in [0, 0.1) is 0 Å². The number of hydrogen-bond acceptors (Lipinski definition) is 3. The zero-order valence-corrected chi connectivity index (χ0v) is 8.29. The molecular formula is C9H13N3S. The predicted octanol–water partition coefficient (Wildman–Crippen LogP) is 1.67. The fourth-order valence-corrected chi connectivity index (χ4v) is 1.39. The van der Waals surface area contributed by atoms with E-state index in [1.807, 2.05) is 37.3 Å². The highest BCUT2D eigenvalue weighted by molar-refractivity contribution is 8.14. The van der Waals surface area contributed by atoms with Crippen molar-refractivity contribution in [3.8, 4) is 0 Å². The van der Waals surface area contributed by atoms with Crippen LogP contribution < -0.4 is 11.5 Å². The first-order chi connectivity index (χ1) is 6.18. The van der Waals surface area contributed by atoms with Gasteiger partial charge in [-0.25, -0.2) is 4.99 Å². The number of aliphatic imine (C=N–C) groups is 1. The lowest BCUT2D eigenvalue weighted by Crippen LogP contribution is -2.17. The molecule has 13 heavy (non-hydrogen) atoms. The average molecular weight is 195 g/mol. The molecular weight excluding hydrogens is 182 g/mol. The van der Waals surface area contributed by atoms with Gasteiger partial charge in [-0.1, -0.05) is 30.0 Å². The fourth-order valence-electron chi connectivity index (χ4n) is 0.847. The first kappa shape index (κ1) is 10.1. The minimum atomic E-state index is -0.0209. The molecule has 4 N–H and O–H groups in total. The second-order valence-corrected chi connectivity index (χ2v) is 4.01. The minimum Gasteiger partial charge on any atom is -0.378 e. The summed E-state index contributed by atoms with van der Waals surface area (Å²) in [5, 5.41) is 0.480. The summed E-state index contributed by atoms with van der Waals surface area (Å²) in [5.41, 5.74) is 12.0. The predicted molar refractivity (Wildman–Crippen MR) is 59.0 cm³/mol. The third-order valence-electron chi connectivity index (χ3n) is 1.30. The van der Waals surface area contributed by atoms with Crippen LogP contribution >= 0.6 is 11.8 Å². The standard InChI is InChI=1S/C9H13N3S/c1-7(10)13-9(11)12-8-5-3-2-4-6-8/h2-7H,10H2,1H3,(H2,11,12). The second kappa shape index (κ2) is 4.89. The monoisotopic (exact) mass is 195 g/mol. The molecule has 0 aliphatic heterocycles. The summed E-state index contributed by atoms with van der Waals surface area (Å²) in [6.45, 7) is 1.87. The molecule has 0 aromatic heterocycles. The lowest BCUT2D eigenvalue weighted by atomic mass is 10.3. The molecule has 3 nitrogen and oxygen atoms in total. The van der Waals surface area contributed by atoms with E-state index in [0.29, 0.717) is 5.17 Å². The number of thioether (sulfide) groups is 1. The molecule has 1 aromatic rings. The van der Waals surface area contributed by atoms with Crippen LogP contribution in [0.25, 0.3) is 0 Å². The largest absolute Gasteiger partial charge is 0.378 e. The van der Waals surface area contributed by atoms with Crippen LogP contribution in [0.4, 0.5) is 5.69 Å². The minimum absolute atomic E-state index is 0.0209. The van der Waals surface area contributed by atoms with E-state index >= 15 is 0 Å². The third kappa shape index (κ3) is 3.96. The lowest BCUT2D eigenvalue weighted by Gasteiger charge is -2.02. The van der Waals surface area contributed by atoms with Crippen LogP contribution in [-0.2, 0) is 0 Å². The first-order valence-electron chi connectivity index (χ1n) is 4.00. The fraction of sp³-hybridized carbons (Fsp3) is 0.222. The van der Waals surface area contributed by atoms with Gasteiger partial charge in [0.1, 0.15) is 0 Å². The Labute approximate surface area is 82.2 Å². The first-order valence-corrected chi connectivity index (χ1v) is 4.88. The van der Waals surface area contributed by atoms with Crippen LogP contribution in [0.15, 0.2) is 35.3 Å². The van der Waals surface area contributed by atoms with E-state index in [1.165, 1.54) is 11.8 Å². The Morgan fingerprint density at radius 1 is 1.38 bits per heavy atom. The number of benzene rings is 1. The summed E-state index contributed by atoms with van der Waals surface area (Å²) in [4.78, 5) is 4.18. The number of nitrogens with zero attached hydrogens (tertiary/aromatic N) is 1. The van der Waals surface area contributed by atoms with E-state index in [-0.39, 0.29) is 5.37 Å². The van der Waals surface area contributed by atoms with E-state index in [4.69, 9.17) is 11.5 Å². The second-order valence-electron chi connectivity index (χ2n) is 2.61. The van der Waals surface area contributed by atoms with Gasteiger partial charge in [-0.05, 0) is 19.1 Å². The molecule has 1 atom stereocenters. The van der Waals surface area contributed by atoms with Crippen molar-refractivity contribution in [3.63, 3.8) is 0 Å². The van der Waals surface area contributed by atoms with Gasteiger partial charge in [0.2, 0.25) is 0 Å². The molecule has 70 valence electrons. The number of para-hydroxylation sites is 1. The van der Waals surface area contributed by atoms with Crippen LogP contribution in [0.5, 0.6) is 0 Å². The van der Waals surface area contributed by atoms with Crippen molar-refractivity contribution in [3.05, 3.63) is 30.3 Å². The molecule has 1 rings (SSSR count). The Morgan fingerprint density at radius 3 is 2.54 bits per heavy atom. The van der Waals surface area contributed by atoms with Crippen LogP contribution in [-0.4, -0.2) is 10.5 Å². The van der Waals surface area contributed by atoms with Gasteiger partial charge in [0, 0.05) is 0 Å². The SMILES string of the molecule is CC(N)SC(N)=Nc1ccccc1. The zero-order chi connectivity index (χ0) is 9.68. The van der Waals surface area contributed by atoms with E-state index in [2.05, 4.69) is 4.99 Å². The van der Waals surface area contributed by atoms with Gasteiger partial charge in [0.15, 0.2) is 5.17 Å². The molecule has 4 heteroatoms. The normalized spacial score (nSPS) is 14.2. The van der Waals surface area contributed by atoms with Gasteiger partial charge in [-0.2, -0.15) is 0 Å². The van der Waals surface area contributed by atoms with Gasteiger partial charge in [-0.15, -0.1) is 0 Å². The maximum absolute atomic E-state index is 5.64. The molecule has 0 saturated heterocycles. The summed E-state index contributed by atoms with van der Waals surface area (Å²) in [5.74, 6) is 0. The van der Waals surface area contributed by atoms with Crippen molar-refractivity contribution >= 4 is 22.6 Å². The highest BCUT2D eigenvalue weighted by atomic mass is 32.2. The van der Waals surface area contributed by atoms with Gasteiger partial charge >= 0.3 is 0 Å². The van der Waals surface area contributed by atoms with Gasteiger partial charge < -0.3 is 11.5 Å². The van der Waals surface area contributed by atoms with E-state index in [9.17, 15) is 0 Å². The van der Waals surface area contributed by atoms with Crippen LogP contribution in [0.1, 0.15) is 6.92 Å². The quantitative estimate of drug-likeness (QED) is 0.428. The smallest absolute Gasteiger partial charge is 0.160 e. The van der Waals surface area contributed by atoms with Crippen LogP contribution in [0.3, 0.4) is 0 Å². The Hall–Kier alpha value is -1.00. The van der Waals surface area contributed by atoms with Gasteiger partial charge in [0.05, 0.1) is 11.1 Å². The highest BCUT2D eigenvalue weighted by Crippen LogP contribution is 2.13. The molecule has 0 bridgehead atoms. The topological polar surface area (TPSA) is 64.4 Å². The number of amidine groups is 1. The molecule has 0 saturated carbocycles. The van der Waals surface area contributed by atoms with Gasteiger partial charge in [0.25, 0.3) is 0 Å². The molecule has 0 amide bonds. The lowest BCUT2D eigenvalue weighted by molar-refractivity contribution is 1.05. The van der Waals surface area contributed by atoms with Gasteiger partial charge in [-0.3, -0.25) is 0 Å². The summed E-state index contributed by atoms with van der Waals surface area (Å²) in [7, 11) is 0. The zero-order valence-electron chi connectivity index (χ0n) is 7.47. The molecule has 0 fully saturated rings. The molecule has 1 unspecified atom stereocenters. The number of rotatable bonds is 2. The van der Waals surface area contributed by atoms with Crippen molar-refractivity contribution in [2.45, 2.75) is 12.3 Å². The molecule has 0 aliphatic rings. The van der Waals surface area contributed by atoms with Crippen molar-refractivity contribution in [2.24, 2.45) is 16.5 Å². The highest BCUT2D eigenvalue weighted by Gasteiger charge is 1.98. The van der Waals surface area contributed by atoms with E-state index in [0.717, 1.165) is 5.69 Å². The summed E-state index contributed by atoms with van der Waals surface area (Å²) in [6.07, 6.45) is 0.